The Bertz CT molecular complexity index is 804. The number of hydrogen-bond donors (Lipinski definition) is 0. The van der Waals surface area contributed by atoms with Gasteiger partial charge in [-0.1, -0.05) is 12.1 Å². The minimum Gasteiger partial charge on any atom is -0.490 e. The van der Waals surface area contributed by atoms with E-state index >= 15 is 0 Å². The van der Waals surface area contributed by atoms with Crippen molar-refractivity contribution in [3.63, 3.8) is 0 Å². The summed E-state index contributed by atoms with van der Waals surface area (Å²) >= 11 is 0. The first-order chi connectivity index (χ1) is 12.7. The topological polar surface area (TPSA) is 36.3 Å². The molecule has 1 saturated heterocycles. The summed E-state index contributed by atoms with van der Waals surface area (Å²) in [6.45, 7) is 3.11. The van der Waals surface area contributed by atoms with Gasteiger partial charge in [-0.2, -0.15) is 5.26 Å². The van der Waals surface area contributed by atoms with E-state index in [9.17, 15) is 9.65 Å². The van der Waals surface area contributed by atoms with E-state index in [4.69, 9.17) is 4.74 Å². The third kappa shape index (κ3) is 3.59. The maximum absolute atomic E-state index is 13.0. The van der Waals surface area contributed by atoms with Crippen LogP contribution in [0.3, 0.4) is 0 Å². The van der Waals surface area contributed by atoms with E-state index in [0.717, 1.165) is 56.6 Å². The Morgan fingerprint density at radius 2 is 1.85 bits per heavy atom. The Morgan fingerprint density at radius 1 is 1.08 bits per heavy atom. The van der Waals surface area contributed by atoms with Crippen molar-refractivity contribution >= 4 is 0 Å². The number of rotatable bonds is 4. The van der Waals surface area contributed by atoms with Crippen molar-refractivity contribution in [3.8, 4) is 11.8 Å². The number of benzene rings is 2. The normalized spacial score (nSPS) is 20.5. The van der Waals surface area contributed by atoms with Crippen molar-refractivity contribution in [1.29, 1.82) is 5.26 Å². The van der Waals surface area contributed by atoms with Gasteiger partial charge in [0.1, 0.15) is 17.7 Å². The number of piperidine rings is 1. The van der Waals surface area contributed by atoms with E-state index in [2.05, 4.69) is 17.0 Å². The maximum atomic E-state index is 13.0. The summed E-state index contributed by atoms with van der Waals surface area (Å²) < 4.78 is 19.0. The van der Waals surface area contributed by atoms with E-state index < -0.39 is 0 Å². The summed E-state index contributed by atoms with van der Waals surface area (Å²) in [5.41, 5.74) is 3.47. The highest BCUT2D eigenvalue weighted by Crippen LogP contribution is 2.36. The molecule has 0 saturated carbocycles. The molecule has 1 aliphatic heterocycles. The molecular formula is C22H23FN2O. The van der Waals surface area contributed by atoms with E-state index in [-0.39, 0.29) is 11.9 Å². The number of nitriles is 1. The Hall–Kier alpha value is -2.38. The molecule has 1 aliphatic carbocycles. The SMILES string of the molecule is N#Cc1cccc2c1CCC2CN1CCC(Oc2ccc(F)cc2)CC1. The average molecular weight is 350 g/mol. The number of halogens is 1. The van der Waals surface area contributed by atoms with Crippen LogP contribution in [-0.2, 0) is 6.42 Å². The molecule has 0 N–H and O–H groups in total. The van der Waals surface area contributed by atoms with Gasteiger partial charge in [0.25, 0.3) is 0 Å². The van der Waals surface area contributed by atoms with Crippen LogP contribution >= 0.6 is 0 Å². The molecule has 26 heavy (non-hydrogen) atoms. The van der Waals surface area contributed by atoms with Gasteiger partial charge in [-0.3, -0.25) is 0 Å². The minimum atomic E-state index is -0.233. The van der Waals surface area contributed by atoms with Crippen LogP contribution in [0, 0.1) is 17.1 Å². The molecule has 1 fully saturated rings. The molecule has 0 radical (unpaired) electrons. The van der Waals surface area contributed by atoms with Crippen molar-refractivity contribution in [2.24, 2.45) is 0 Å². The van der Waals surface area contributed by atoms with Crippen LogP contribution in [0.2, 0.25) is 0 Å². The first-order valence-electron chi connectivity index (χ1n) is 9.39. The summed E-state index contributed by atoms with van der Waals surface area (Å²) in [7, 11) is 0. The zero-order valence-electron chi connectivity index (χ0n) is 14.8. The number of hydrogen-bond acceptors (Lipinski definition) is 3. The Balaban J connectivity index is 1.31. The molecule has 134 valence electrons. The molecule has 2 aromatic rings. The lowest BCUT2D eigenvalue weighted by Gasteiger charge is -2.33. The molecule has 4 heteroatoms. The molecule has 0 aromatic heterocycles. The van der Waals surface area contributed by atoms with E-state index in [1.807, 2.05) is 12.1 Å². The Labute approximate surface area is 154 Å². The summed E-state index contributed by atoms with van der Waals surface area (Å²) in [4.78, 5) is 2.52. The van der Waals surface area contributed by atoms with Crippen LogP contribution in [-0.4, -0.2) is 30.6 Å². The molecule has 0 amide bonds. The second-order valence-electron chi connectivity index (χ2n) is 7.29. The van der Waals surface area contributed by atoms with Crippen molar-refractivity contribution in [1.82, 2.24) is 4.90 Å². The Morgan fingerprint density at radius 3 is 2.58 bits per heavy atom. The predicted octanol–water partition coefficient (Wildman–Crippen LogP) is 4.27. The lowest BCUT2D eigenvalue weighted by Crippen LogP contribution is -2.40. The minimum absolute atomic E-state index is 0.206. The fourth-order valence-corrected chi connectivity index (χ4v) is 4.26. The van der Waals surface area contributed by atoms with Gasteiger partial charge < -0.3 is 9.64 Å². The van der Waals surface area contributed by atoms with Crippen molar-refractivity contribution in [3.05, 3.63) is 65.0 Å². The fourth-order valence-electron chi connectivity index (χ4n) is 4.26. The lowest BCUT2D eigenvalue weighted by atomic mass is 9.97. The van der Waals surface area contributed by atoms with Crippen LogP contribution < -0.4 is 4.74 Å². The number of fused-ring (bicyclic) bond motifs is 1. The third-order valence-corrected chi connectivity index (χ3v) is 5.64. The molecule has 1 atom stereocenters. The number of likely N-dealkylation sites (tertiary alicyclic amines) is 1. The molecule has 3 nitrogen and oxygen atoms in total. The molecule has 1 heterocycles. The van der Waals surface area contributed by atoms with Gasteiger partial charge in [-0.05, 0) is 73.1 Å². The highest BCUT2D eigenvalue weighted by Gasteiger charge is 2.28. The molecule has 0 bridgehead atoms. The molecule has 0 spiro atoms. The summed E-state index contributed by atoms with van der Waals surface area (Å²) in [5, 5.41) is 9.28. The average Bonchev–Trinajstić information content (AvgIpc) is 3.08. The van der Waals surface area contributed by atoms with Gasteiger partial charge in [0.15, 0.2) is 0 Å². The van der Waals surface area contributed by atoms with Crippen LogP contribution in [0.5, 0.6) is 5.75 Å². The van der Waals surface area contributed by atoms with Gasteiger partial charge in [0.2, 0.25) is 0 Å². The predicted molar refractivity (Wildman–Crippen MR) is 98.7 cm³/mol. The number of ether oxygens (including phenoxy) is 1. The van der Waals surface area contributed by atoms with Gasteiger partial charge in [0.05, 0.1) is 11.6 Å². The van der Waals surface area contributed by atoms with Gasteiger partial charge in [-0.15, -0.1) is 0 Å². The van der Waals surface area contributed by atoms with Crippen molar-refractivity contribution in [2.45, 2.75) is 37.7 Å². The zero-order chi connectivity index (χ0) is 17.9. The van der Waals surface area contributed by atoms with Crippen molar-refractivity contribution in [2.75, 3.05) is 19.6 Å². The molecule has 2 aromatic carbocycles. The Kier molecular flexibility index (Phi) is 4.90. The van der Waals surface area contributed by atoms with Crippen LogP contribution in [0.1, 0.15) is 41.9 Å². The maximum Gasteiger partial charge on any atom is 0.123 e. The fraction of sp³-hybridized carbons (Fsp3) is 0.409. The summed E-state index contributed by atoms with van der Waals surface area (Å²) in [6.07, 6.45) is 4.36. The molecule has 4 rings (SSSR count). The second-order valence-corrected chi connectivity index (χ2v) is 7.29. The molecular weight excluding hydrogens is 327 g/mol. The molecule has 1 unspecified atom stereocenters. The van der Waals surface area contributed by atoms with Gasteiger partial charge >= 0.3 is 0 Å². The van der Waals surface area contributed by atoms with E-state index in [1.54, 1.807) is 12.1 Å². The quantitative estimate of drug-likeness (QED) is 0.826. The number of nitrogens with zero attached hydrogens (tertiary/aromatic N) is 2. The standard InChI is InChI=1S/C22H23FN2O/c23-18-5-7-19(8-6-18)26-20-10-12-25(13-11-20)15-17-4-9-22-16(14-24)2-1-3-21(17)22/h1-3,5-8,17,20H,4,9-13,15H2. The second kappa shape index (κ2) is 7.47. The third-order valence-electron chi connectivity index (χ3n) is 5.64. The van der Waals surface area contributed by atoms with E-state index in [1.165, 1.54) is 23.3 Å². The van der Waals surface area contributed by atoms with Crippen LogP contribution in [0.15, 0.2) is 42.5 Å². The largest absolute Gasteiger partial charge is 0.490 e. The monoisotopic (exact) mass is 350 g/mol. The highest BCUT2D eigenvalue weighted by atomic mass is 19.1. The van der Waals surface area contributed by atoms with E-state index in [0.29, 0.717) is 5.92 Å². The van der Waals surface area contributed by atoms with Gasteiger partial charge in [0, 0.05) is 19.6 Å². The highest BCUT2D eigenvalue weighted by molar-refractivity contribution is 5.47. The summed E-state index contributed by atoms with van der Waals surface area (Å²) in [6, 6.07) is 14.7. The smallest absolute Gasteiger partial charge is 0.123 e. The van der Waals surface area contributed by atoms with Crippen LogP contribution in [0.4, 0.5) is 4.39 Å². The summed E-state index contributed by atoms with van der Waals surface area (Å²) in [5.74, 6) is 1.05. The first-order valence-corrected chi connectivity index (χ1v) is 9.39. The zero-order valence-corrected chi connectivity index (χ0v) is 14.8. The first kappa shape index (κ1) is 17.1. The molecule has 2 aliphatic rings. The lowest BCUT2D eigenvalue weighted by molar-refractivity contribution is 0.0969. The van der Waals surface area contributed by atoms with Crippen molar-refractivity contribution < 1.29 is 9.13 Å². The van der Waals surface area contributed by atoms with Crippen LogP contribution in [0.25, 0.3) is 0 Å². The van der Waals surface area contributed by atoms with Gasteiger partial charge in [-0.25, -0.2) is 4.39 Å².